The van der Waals surface area contributed by atoms with Crippen LogP contribution < -0.4 is 0 Å². The molecule has 0 aliphatic rings. The van der Waals surface area contributed by atoms with Crippen molar-refractivity contribution in [1.82, 2.24) is 0 Å². The standard InChI is InChI=1S/C7H5FO4/c8-3-1-2-4(9)5(6(3)10)7(11)12/h1-2,9-10H,(H,11,12). The summed E-state index contributed by atoms with van der Waals surface area (Å²) in [6, 6.07) is 1.63. The van der Waals surface area contributed by atoms with E-state index in [0.29, 0.717) is 0 Å². The van der Waals surface area contributed by atoms with Crippen LogP contribution in [0.25, 0.3) is 0 Å². The largest absolute Gasteiger partial charge is 0.507 e. The lowest BCUT2D eigenvalue weighted by Gasteiger charge is -2.01. The van der Waals surface area contributed by atoms with Crippen molar-refractivity contribution in [3.8, 4) is 11.5 Å². The van der Waals surface area contributed by atoms with E-state index < -0.39 is 28.8 Å². The molecule has 5 heteroatoms. The van der Waals surface area contributed by atoms with E-state index in [-0.39, 0.29) is 0 Å². The van der Waals surface area contributed by atoms with Gasteiger partial charge in [-0.15, -0.1) is 0 Å². The molecule has 0 aliphatic heterocycles. The van der Waals surface area contributed by atoms with Gasteiger partial charge in [0.15, 0.2) is 11.6 Å². The predicted octanol–water partition coefficient (Wildman–Crippen LogP) is 0.935. The highest BCUT2D eigenvalue weighted by Crippen LogP contribution is 2.28. The fourth-order valence-electron chi connectivity index (χ4n) is 0.766. The topological polar surface area (TPSA) is 77.8 Å². The minimum atomic E-state index is -1.58. The Kier molecular flexibility index (Phi) is 1.86. The van der Waals surface area contributed by atoms with Gasteiger partial charge in [0.1, 0.15) is 11.3 Å². The minimum absolute atomic E-state index is 0.665. The Morgan fingerprint density at radius 1 is 1.33 bits per heavy atom. The van der Waals surface area contributed by atoms with Crippen molar-refractivity contribution in [2.75, 3.05) is 0 Å². The van der Waals surface area contributed by atoms with Crippen LogP contribution in [0.15, 0.2) is 12.1 Å². The average Bonchev–Trinajstić information content (AvgIpc) is 1.97. The van der Waals surface area contributed by atoms with E-state index >= 15 is 0 Å². The summed E-state index contributed by atoms with van der Waals surface area (Å²) >= 11 is 0. The van der Waals surface area contributed by atoms with Crippen molar-refractivity contribution in [1.29, 1.82) is 0 Å². The van der Waals surface area contributed by atoms with E-state index in [2.05, 4.69) is 0 Å². The molecule has 0 aliphatic carbocycles. The molecule has 0 unspecified atom stereocenters. The second kappa shape index (κ2) is 2.69. The molecule has 0 bridgehead atoms. The van der Waals surface area contributed by atoms with Gasteiger partial charge in [-0.05, 0) is 12.1 Å². The molecular formula is C7H5FO4. The summed E-state index contributed by atoms with van der Waals surface area (Å²) in [5.41, 5.74) is -0.824. The Morgan fingerprint density at radius 3 is 2.33 bits per heavy atom. The normalized spacial score (nSPS) is 9.75. The van der Waals surface area contributed by atoms with E-state index in [0.717, 1.165) is 12.1 Å². The number of aromatic hydroxyl groups is 2. The van der Waals surface area contributed by atoms with Crippen LogP contribution in [0, 0.1) is 5.82 Å². The molecule has 1 rings (SSSR count). The third-order valence-corrected chi connectivity index (χ3v) is 1.32. The minimum Gasteiger partial charge on any atom is -0.507 e. The zero-order valence-corrected chi connectivity index (χ0v) is 5.78. The van der Waals surface area contributed by atoms with E-state index in [1.165, 1.54) is 0 Å². The van der Waals surface area contributed by atoms with Crippen LogP contribution in [-0.4, -0.2) is 21.3 Å². The summed E-state index contributed by atoms with van der Waals surface area (Å²) in [6.07, 6.45) is 0. The third kappa shape index (κ3) is 1.16. The van der Waals surface area contributed by atoms with Crippen molar-refractivity contribution in [2.45, 2.75) is 0 Å². The Labute approximate surface area is 66.5 Å². The molecule has 0 amide bonds. The van der Waals surface area contributed by atoms with Crippen molar-refractivity contribution in [2.24, 2.45) is 0 Å². The number of carboxylic acid groups (broad SMARTS) is 1. The summed E-state index contributed by atoms with van der Waals surface area (Å²) in [5.74, 6) is -4.38. The lowest BCUT2D eigenvalue weighted by atomic mass is 10.2. The first-order valence-electron chi connectivity index (χ1n) is 2.97. The molecule has 4 nitrogen and oxygen atoms in total. The van der Waals surface area contributed by atoms with Gasteiger partial charge in [-0.3, -0.25) is 0 Å². The highest BCUT2D eigenvalue weighted by molar-refractivity contribution is 5.93. The SMILES string of the molecule is O=C(O)c1c(O)ccc(F)c1O. The monoisotopic (exact) mass is 172 g/mol. The quantitative estimate of drug-likeness (QED) is 0.588. The molecular weight excluding hydrogens is 167 g/mol. The first-order chi connectivity index (χ1) is 5.54. The Balaban J connectivity index is 3.43. The van der Waals surface area contributed by atoms with Gasteiger partial charge in [0, 0.05) is 0 Å². The summed E-state index contributed by atoms with van der Waals surface area (Å²) in [7, 11) is 0. The molecule has 1 aromatic carbocycles. The molecule has 0 heterocycles. The Hall–Kier alpha value is -1.78. The summed E-state index contributed by atoms with van der Waals surface area (Å²) < 4.78 is 12.5. The maximum absolute atomic E-state index is 12.5. The van der Waals surface area contributed by atoms with Crippen molar-refractivity contribution < 1.29 is 24.5 Å². The number of rotatable bonds is 1. The summed E-state index contributed by atoms with van der Waals surface area (Å²) in [4.78, 5) is 10.3. The lowest BCUT2D eigenvalue weighted by Crippen LogP contribution is -1.98. The van der Waals surface area contributed by atoms with Gasteiger partial charge in [-0.25, -0.2) is 9.18 Å². The molecule has 3 N–H and O–H groups in total. The van der Waals surface area contributed by atoms with Gasteiger partial charge in [0.25, 0.3) is 0 Å². The number of carbonyl (C=O) groups is 1. The van der Waals surface area contributed by atoms with Gasteiger partial charge < -0.3 is 15.3 Å². The van der Waals surface area contributed by atoms with Crippen LogP contribution in [-0.2, 0) is 0 Å². The van der Waals surface area contributed by atoms with Gasteiger partial charge in [0.2, 0.25) is 0 Å². The van der Waals surface area contributed by atoms with Gasteiger partial charge in [-0.1, -0.05) is 0 Å². The molecule has 1 aromatic rings. The highest BCUT2D eigenvalue weighted by atomic mass is 19.1. The molecule has 64 valence electrons. The molecule has 0 saturated carbocycles. The number of benzene rings is 1. The number of halogens is 1. The molecule has 0 radical (unpaired) electrons. The van der Waals surface area contributed by atoms with Crippen molar-refractivity contribution in [3.63, 3.8) is 0 Å². The summed E-state index contributed by atoms with van der Waals surface area (Å²) in [6.45, 7) is 0. The maximum Gasteiger partial charge on any atom is 0.343 e. The average molecular weight is 172 g/mol. The maximum atomic E-state index is 12.5. The molecule has 0 aromatic heterocycles. The number of phenols is 2. The van der Waals surface area contributed by atoms with Crippen LogP contribution in [0.3, 0.4) is 0 Å². The summed E-state index contributed by atoms with van der Waals surface area (Å²) in [5, 5.41) is 26.1. The Bertz CT molecular complexity index is 334. The number of hydrogen-bond acceptors (Lipinski definition) is 3. The van der Waals surface area contributed by atoms with Gasteiger partial charge >= 0.3 is 5.97 Å². The van der Waals surface area contributed by atoms with Gasteiger partial charge in [0.05, 0.1) is 0 Å². The van der Waals surface area contributed by atoms with Crippen molar-refractivity contribution >= 4 is 5.97 Å². The van der Waals surface area contributed by atoms with E-state index in [4.69, 9.17) is 15.3 Å². The zero-order valence-electron chi connectivity index (χ0n) is 5.78. The van der Waals surface area contributed by atoms with Gasteiger partial charge in [-0.2, -0.15) is 0 Å². The molecule has 0 fully saturated rings. The second-order valence-electron chi connectivity index (χ2n) is 2.10. The van der Waals surface area contributed by atoms with E-state index in [1.807, 2.05) is 0 Å². The first-order valence-corrected chi connectivity index (χ1v) is 2.97. The first kappa shape index (κ1) is 8.32. The predicted molar refractivity (Wildman–Crippen MR) is 36.7 cm³/mol. The smallest absolute Gasteiger partial charge is 0.343 e. The van der Waals surface area contributed by atoms with E-state index in [9.17, 15) is 9.18 Å². The van der Waals surface area contributed by atoms with Crippen LogP contribution in [0.2, 0.25) is 0 Å². The van der Waals surface area contributed by atoms with Crippen molar-refractivity contribution in [3.05, 3.63) is 23.5 Å². The second-order valence-corrected chi connectivity index (χ2v) is 2.10. The molecule has 0 atom stereocenters. The van der Waals surface area contributed by atoms with E-state index in [1.54, 1.807) is 0 Å². The molecule has 0 spiro atoms. The zero-order chi connectivity index (χ0) is 9.30. The van der Waals surface area contributed by atoms with Crippen LogP contribution in [0.4, 0.5) is 4.39 Å². The third-order valence-electron chi connectivity index (χ3n) is 1.32. The van der Waals surface area contributed by atoms with Crippen LogP contribution in [0.1, 0.15) is 10.4 Å². The number of carboxylic acids is 1. The van der Waals surface area contributed by atoms with Crippen LogP contribution in [0.5, 0.6) is 11.5 Å². The highest BCUT2D eigenvalue weighted by Gasteiger charge is 2.18. The number of aromatic carboxylic acids is 1. The fraction of sp³-hybridized carbons (Fsp3) is 0. The lowest BCUT2D eigenvalue weighted by molar-refractivity contribution is 0.0689. The molecule has 12 heavy (non-hydrogen) atoms. The number of hydrogen-bond donors (Lipinski definition) is 3. The van der Waals surface area contributed by atoms with Crippen LogP contribution >= 0.6 is 0 Å². The molecule has 0 saturated heterocycles. The fourth-order valence-corrected chi connectivity index (χ4v) is 0.766. The Morgan fingerprint density at radius 2 is 1.92 bits per heavy atom.